The highest BCUT2D eigenvalue weighted by atomic mass is 32.2. The van der Waals surface area contributed by atoms with Gasteiger partial charge in [-0.05, 0) is 41.8 Å². The van der Waals surface area contributed by atoms with E-state index in [1.807, 2.05) is 10.6 Å². The van der Waals surface area contributed by atoms with Crippen LogP contribution in [0.4, 0.5) is 0 Å². The largest absolute Gasteiger partial charge is 0.477 e. The monoisotopic (exact) mass is 414 g/mol. The van der Waals surface area contributed by atoms with E-state index in [0.29, 0.717) is 30.7 Å². The van der Waals surface area contributed by atoms with E-state index in [4.69, 9.17) is 4.74 Å². The number of nitrogens with zero attached hydrogens (tertiary/aromatic N) is 1. The van der Waals surface area contributed by atoms with E-state index in [0.717, 1.165) is 16.7 Å². The minimum Gasteiger partial charge on any atom is -0.477 e. The minimum atomic E-state index is -3.66. The lowest BCUT2D eigenvalue weighted by Gasteiger charge is -2.32. The van der Waals surface area contributed by atoms with Crippen LogP contribution < -0.4 is 10.2 Å². The van der Waals surface area contributed by atoms with Crippen molar-refractivity contribution < 1.29 is 23.1 Å². The highest BCUT2D eigenvalue weighted by molar-refractivity contribution is 7.89. The summed E-state index contributed by atoms with van der Waals surface area (Å²) >= 11 is 0. The number of aromatic carboxylic acids is 1. The Morgan fingerprint density at radius 3 is 2.86 bits per heavy atom. The molecule has 0 bridgehead atoms. The van der Waals surface area contributed by atoms with E-state index in [-0.39, 0.29) is 22.6 Å². The van der Waals surface area contributed by atoms with Gasteiger partial charge >= 0.3 is 5.97 Å². The zero-order valence-corrected chi connectivity index (χ0v) is 16.3. The van der Waals surface area contributed by atoms with Gasteiger partial charge < -0.3 is 14.4 Å². The summed E-state index contributed by atoms with van der Waals surface area (Å²) in [5, 5.41) is 9.36. The van der Waals surface area contributed by atoms with Crippen molar-refractivity contribution in [3.63, 3.8) is 0 Å². The number of benzene rings is 1. The number of sulfonamides is 1. The molecular weight excluding hydrogens is 396 g/mol. The lowest BCUT2D eigenvalue weighted by Crippen LogP contribution is -2.31. The molecule has 2 aromatic rings. The molecule has 1 aromatic carbocycles. The summed E-state index contributed by atoms with van der Waals surface area (Å²) in [5.74, 6) is -1.27. The molecular formula is C20H18N2O6S. The molecule has 0 amide bonds. The summed E-state index contributed by atoms with van der Waals surface area (Å²) in [6.45, 7) is 0.504. The Kier molecular flexibility index (Phi) is 3.86. The van der Waals surface area contributed by atoms with Gasteiger partial charge in [-0.25, -0.2) is 17.9 Å². The van der Waals surface area contributed by atoms with E-state index in [2.05, 4.69) is 4.72 Å². The second-order valence-corrected chi connectivity index (χ2v) is 9.21. The maximum atomic E-state index is 12.5. The van der Waals surface area contributed by atoms with Gasteiger partial charge in [0.2, 0.25) is 10.0 Å². The molecule has 1 aliphatic carbocycles. The molecule has 1 aromatic heterocycles. The number of carbonyl (C=O) groups is 1. The number of carboxylic acid groups (broad SMARTS) is 1. The number of hydrogen-bond acceptors (Lipinski definition) is 5. The van der Waals surface area contributed by atoms with Gasteiger partial charge in [0.15, 0.2) is 5.43 Å². The fourth-order valence-electron chi connectivity index (χ4n) is 4.72. The Hall–Kier alpha value is -2.75. The molecule has 0 radical (unpaired) electrons. The van der Waals surface area contributed by atoms with Gasteiger partial charge in [-0.2, -0.15) is 0 Å². The first-order valence-corrected chi connectivity index (χ1v) is 10.7. The fraction of sp³-hybridized carbons (Fsp3) is 0.300. The molecule has 0 saturated carbocycles. The third kappa shape index (κ3) is 2.48. The average Bonchev–Trinajstić information content (AvgIpc) is 3.31. The van der Waals surface area contributed by atoms with Crippen LogP contribution in [-0.4, -0.2) is 43.8 Å². The fourth-order valence-corrected chi connectivity index (χ4v) is 5.70. The molecule has 9 heteroatoms. The predicted molar refractivity (Wildman–Crippen MR) is 104 cm³/mol. The van der Waals surface area contributed by atoms with Crippen molar-refractivity contribution in [3.05, 3.63) is 63.1 Å². The molecule has 3 heterocycles. The van der Waals surface area contributed by atoms with Crippen LogP contribution in [0.2, 0.25) is 0 Å². The van der Waals surface area contributed by atoms with Gasteiger partial charge in [-0.3, -0.25) is 4.79 Å². The van der Waals surface area contributed by atoms with Gasteiger partial charge in [-0.1, -0.05) is 12.1 Å². The van der Waals surface area contributed by atoms with E-state index in [9.17, 15) is 23.1 Å². The molecule has 0 spiro atoms. The quantitative estimate of drug-likeness (QED) is 0.782. The third-order valence-corrected chi connectivity index (χ3v) is 7.48. The van der Waals surface area contributed by atoms with Crippen molar-refractivity contribution in [2.75, 3.05) is 13.7 Å². The van der Waals surface area contributed by atoms with Gasteiger partial charge in [-0.15, -0.1) is 0 Å². The molecule has 2 aliphatic heterocycles. The third-order valence-electron chi connectivity index (χ3n) is 5.98. The van der Waals surface area contributed by atoms with Crippen LogP contribution in [0, 0.1) is 0 Å². The summed E-state index contributed by atoms with van der Waals surface area (Å²) in [5.41, 5.74) is 2.99. The molecule has 5 rings (SSSR count). The van der Waals surface area contributed by atoms with Crippen molar-refractivity contribution >= 4 is 27.1 Å². The number of carboxylic acids is 1. The van der Waals surface area contributed by atoms with Crippen LogP contribution in [0.1, 0.15) is 39.6 Å². The zero-order valence-electron chi connectivity index (χ0n) is 15.5. The van der Waals surface area contributed by atoms with Crippen LogP contribution in [0.3, 0.4) is 0 Å². The van der Waals surface area contributed by atoms with Crippen LogP contribution in [0.5, 0.6) is 0 Å². The summed E-state index contributed by atoms with van der Waals surface area (Å²) < 4.78 is 35.2. The first-order chi connectivity index (χ1) is 13.8. The topological polar surface area (TPSA) is 115 Å². The lowest BCUT2D eigenvalue weighted by molar-refractivity contribution is 0.0693. The van der Waals surface area contributed by atoms with E-state index < -0.39 is 21.4 Å². The summed E-state index contributed by atoms with van der Waals surface area (Å²) in [7, 11) is -2.29. The Morgan fingerprint density at radius 1 is 1.34 bits per heavy atom. The number of nitrogens with one attached hydrogen (secondary N) is 1. The van der Waals surface area contributed by atoms with Crippen molar-refractivity contribution in [2.45, 2.75) is 29.9 Å². The zero-order chi connectivity index (χ0) is 20.5. The van der Waals surface area contributed by atoms with Crippen LogP contribution in [0.25, 0.3) is 11.1 Å². The maximum absolute atomic E-state index is 12.5. The first-order valence-electron chi connectivity index (χ1n) is 9.24. The molecule has 2 atom stereocenters. The van der Waals surface area contributed by atoms with E-state index in [1.165, 1.54) is 19.3 Å². The smallest absolute Gasteiger partial charge is 0.341 e. The second-order valence-electron chi connectivity index (χ2n) is 7.36. The van der Waals surface area contributed by atoms with Crippen molar-refractivity contribution in [2.24, 2.45) is 0 Å². The molecule has 8 nitrogen and oxygen atoms in total. The van der Waals surface area contributed by atoms with Gasteiger partial charge in [0, 0.05) is 31.0 Å². The number of pyridine rings is 1. The normalized spacial score (nSPS) is 22.1. The van der Waals surface area contributed by atoms with E-state index >= 15 is 0 Å². The number of allylic oxidation sites excluding steroid dienone is 1. The summed E-state index contributed by atoms with van der Waals surface area (Å²) in [6, 6.07) is 6.36. The second kappa shape index (κ2) is 6.12. The maximum Gasteiger partial charge on any atom is 0.341 e. The summed E-state index contributed by atoms with van der Waals surface area (Å²) in [6.07, 6.45) is 2.10. The first kappa shape index (κ1) is 18.3. The SMILES string of the molecule is CNS(=O)(=O)c1cccc2c1CC1=C2[C@H]2OCC[C@H]2n2cc(C(=O)O)c(=O)cc21. The number of ether oxygens (including phenoxy) is 1. The van der Waals surface area contributed by atoms with Crippen LogP contribution in [0.15, 0.2) is 40.2 Å². The van der Waals surface area contributed by atoms with Crippen molar-refractivity contribution in [1.29, 1.82) is 0 Å². The molecule has 3 aliphatic rings. The van der Waals surface area contributed by atoms with Gasteiger partial charge in [0.05, 0.1) is 10.9 Å². The molecule has 1 saturated heterocycles. The molecule has 2 N–H and O–H groups in total. The van der Waals surface area contributed by atoms with Gasteiger partial charge in [0.25, 0.3) is 0 Å². The average molecular weight is 414 g/mol. The molecule has 29 heavy (non-hydrogen) atoms. The Bertz CT molecular complexity index is 1270. The van der Waals surface area contributed by atoms with Crippen LogP contribution in [-0.2, 0) is 21.2 Å². The molecule has 1 fully saturated rings. The van der Waals surface area contributed by atoms with Crippen molar-refractivity contribution in [1.82, 2.24) is 9.29 Å². The van der Waals surface area contributed by atoms with Gasteiger partial charge in [0.1, 0.15) is 11.7 Å². The lowest BCUT2D eigenvalue weighted by atomic mass is 9.89. The Labute approximate surface area is 166 Å². The minimum absolute atomic E-state index is 0.141. The number of rotatable bonds is 3. The molecule has 150 valence electrons. The number of hydrogen-bond donors (Lipinski definition) is 2. The summed E-state index contributed by atoms with van der Waals surface area (Å²) in [4.78, 5) is 24.1. The Balaban J connectivity index is 1.77. The number of fused-ring (bicyclic) bond motifs is 7. The predicted octanol–water partition coefficient (Wildman–Crippen LogP) is 1.27. The standard InChI is InChI=1S/C20H18N2O6S/c1-21-29(26,27)17-4-2-3-10-11(17)7-12-15-8-16(23)13(20(24)25)9-22(15)14-5-6-28-19(14)18(10)12/h2-4,8-9,14,19,21H,5-7H2,1H3,(H,24,25)/t14-,19+/m1/s1. The van der Waals surface area contributed by atoms with Crippen LogP contribution >= 0.6 is 0 Å². The van der Waals surface area contributed by atoms with E-state index in [1.54, 1.807) is 12.1 Å². The number of aromatic nitrogens is 1. The Morgan fingerprint density at radius 2 is 2.14 bits per heavy atom. The molecule has 0 unspecified atom stereocenters. The highest BCUT2D eigenvalue weighted by Gasteiger charge is 2.44. The van der Waals surface area contributed by atoms with Crippen molar-refractivity contribution in [3.8, 4) is 0 Å². The highest BCUT2D eigenvalue weighted by Crippen LogP contribution is 2.51.